The molecule has 6 aromatic rings. The molecular formula is C35H33N5O2. The number of H-pyrrole nitrogens is 1. The second-order valence-corrected chi connectivity index (χ2v) is 11.0. The summed E-state index contributed by atoms with van der Waals surface area (Å²) in [6.07, 6.45) is 3.08. The second kappa shape index (κ2) is 10.9. The molecule has 2 aromatic heterocycles. The molecule has 6 N–H and O–H groups in total. The summed E-state index contributed by atoms with van der Waals surface area (Å²) in [4.78, 5) is 16.0. The van der Waals surface area contributed by atoms with E-state index in [1.165, 1.54) is 27.6 Å². The molecule has 210 valence electrons. The monoisotopic (exact) mass is 555 g/mol. The topological polar surface area (TPSA) is 108 Å². The Balaban J connectivity index is 1.20. The highest BCUT2D eigenvalue weighted by Gasteiger charge is 2.27. The van der Waals surface area contributed by atoms with Crippen molar-refractivity contribution in [3.05, 3.63) is 125 Å². The second-order valence-electron chi connectivity index (χ2n) is 11.0. The van der Waals surface area contributed by atoms with Crippen LogP contribution < -0.4 is 16.4 Å². The maximum atomic E-state index is 12.4. The zero-order valence-electron chi connectivity index (χ0n) is 23.3. The van der Waals surface area contributed by atoms with Crippen LogP contribution in [0.4, 0.5) is 0 Å². The number of fused-ring (bicyclic) bond motifs is 3. The van der Waals surface area contributed by atoms with E-state index in [0.29, 0.717) is 37.3 Å². The molecule has 7 rings (SSSR count). The van der Waals surface area contributed by atoms with E-state index in [4.69, 9.17) is 5.73 Å². The SMILES string of the molecule is NCCc1cn(Cc2ccccc2)c2cc(CNCc3[nH]c4ccccc4c3-c3c(O)ccc4c3CNC4=O)ccc12. The van der Waals surface area contributed by atoms with Crippen molar-refractivity contribution >= 4 is 27.7 Å². The first-order valence-electron chi connectivity index (χ1n) is 14.4. The van der Waals surface area contributed by atoms with Crippen LogP contribution in [0.15, 0.2) is 91.1 Å². The van der Waals surface area contributed by atoms with Gasteiger partial charge in [-0.05, 0) is 59.5 Å². The van der Waals surface area contributed by atoms with E-state index >= 15 is 0 Å². The highest BCUT2D eigenvalue weighted by atomic mass is 16.3. The first-order chi connectivity index (χ1) is 20.6. The van der Waals surface area contributed by atoms with Gasteiger partial charge in [0.05, 0.1) is 0 Å². The van der Waals surface area contributed by atoms with Crippen molar-refractivity contribution in [3.8, 4) is 16.9 Å². The number of phenolic OH excluding ortho intramolecular Hbond substituents is 1. The lowest BCUT2D eigenvalue weighted by atomic mass is 9.93. The predicted octanol–water partition coefficient (Wildman–Crippen LogP) is 5.58. The standard InChI is InChI=1S/C35H33N5O2/c36-15-14-24-21-40(20-22-6-2-1-3-7-22)31-16-23(10-11-25(24)31)17-37-19-30-33(27-8-4-5-9-29(27)39-30)34-28-18-38-35(42)26(28)12-13-32(34)41/h1-13,16,21,37,39,41H,14-15,17-20,36H2,(H,38,42). The minimum Gasteiger partial charge on any atom is -0.507 e. The molecule has 3 heterocycles. The van der Waals surface area contributed by atoms with Crippen LogP contribution in [-0.4, -0.2) is 27.1 Å². The van der Waals surface area contributed by atoms with Crippen LogP contribution in [0, 0.1) is 0 Å². The lowest BCUT2D eigenvalue weighted by molar-refractivity contribution is 0.0965. The molecule has 1 amide bonds. The van der Waals surface area contributed by atoms with E-state index in [1.54, 1.807) is 12.1 Å². The summed E-state index contributed by atoms with van der Waals surface area (Å²) in [7, 11) is 0. The molecule has 0 atom stereocenters. The summed E-state index contributed by atoms with van der Waals surface area (Å²) in [6.45, 7) is 3.06. The van der Waals surface area contributed by atoms with Gasteiger partial charge in [-0.15, -0.1) is 0 Å². The van der Waals surface area contributed by atoms with Gasteiger partial charge in [-0.3, -0.25) is 4.79 Å². The molecule has 1 aliphatic rings. The average molecular weight is 556 g/mol. The lowest BCUT2D eigenvalue weighted by Crippen LogP contribution is -2.14. The van der Waals surface area contributed by atoms with Gasteiger partial charge in [0.25, 0.3) is 5.91 Å². The van der Waals surface area contributed by atoms with Crippen molar-refractivity contribution in [3.63, 3.8) is 0 Å². The molecule has 0 radical (unpaired) electrons. The van der Waals surface area contributed by atoms with E-state index in [-0.39, 0.29) is 11.7 Å². The van der Waals surface area contributed by atoms with Crippen LogP contribution in [0.2, 0.25) is 0 Å². The van der Waals surface area contributed by atoms with E-state index < -0.39 is 0 Å². The van der Waals surface area contributed by atoms with Crippen LogP contribution >= 0.6 is 0 Å². The molecule has 0 bridgehead atoms. The summed E-state index contributed by atoms with van der Waals surface area (Å²) in [5, 5.41) is 19.8. The number of phenols is 1. The largest absolute Gasteiger partial charge is 0.507 e. The van der Waals surface area contributed by atoms with Gasteiger partial charge in [0, 0.05) is 76.6 Å². The number of carbonyl (C=O) groups excluding carboxylic acids is 1. The number of carbonyl (C=O) groups is 1. The summed E-state index contributed by atoms with van der Waals surface area (Å²) in [5.41, 5.74) is 15.9. The highest BCUT2D eigenvalue weighted by molar-refractivity contribution is 6.05. The Labute approximate surface area is 244 Å². The molecule has 42 heavy (non-hydrogen) atoms. The van der Waals surface area contributed by atoms with Gasteiger partial charge in [0.15, 0.2) is 0 Å². The summed E-state index contributed by atoms with van der Waals surface area (Å²) in [5.74, 6) is 0.0713. The first kappa shape index (κ1) is 26.1. The van der Waals surface area contributed by atoms with Gasteiger partial charge in [-0.1, -0.05) is 60.7 Å². The average Bonchev–Trinajstić information content (AvgIpc) is 3.67. The number of nitrogens with zero attached hydrogens (tertiary/aromatic N) is 1. The number of nitrogens with one attached hydrogen (secondary N) is 3. The fourth-order valence-corrected chi connectivity index (χ4v) is 6.31. The number of amides is 1. The normalized spacial score (nSPS) is 12.7. The Kier molecular flexibility index (Phi) is 6.74. The Morgan fingerprint density at radius 2 is 1.71 bits per heavy atom. The lowest BCUT2D eigenvalue weighted by Gasteiger charge is -2.13. The smallest absolute Gasteiger partial charge is 0.251 e. The quantitative estimate of drug-likeness (QED) is 0.161. The molecule has 7 nitrogen and oxygen atoms in total. The minimum absolute atomic E-state index is 0.104. The number of hydrogen-bond acceptors (Lipinski definition) is 4. The van der Waals surface area contributed by atoms with Gasteiger partial charge in [-0.25, -0.2) is 0 Å². The van der Waals surface area contributed by atoms with Crippen molar-refractivity contribution < 1.29 is 9.90 Å². The molecule has 0 saturated heterocycles. The van der Waals surface area contributed by atoms with Crippen molar-refractivity contribution in [2.24, 2.45) is 5.73 Å². The summed E-state index contributed by atoms with van der Waals surface area (Å²) in [6, 6.07) is 28.6. The zero-order valence-corrected chi connectivity index (χ0v) is 23.3. The van der Waals surface area contributed by atoms with E-state index in [2.05, 4.69) is 74.9 Å². The fraction of sp³-hybridized carbons (Fsp3) is 0.171. The molecular weight excluding hydrogens is 522 g/mol. The van der Waals surface area contributed by atoms with Gasteiger partial charge >= 0.3 is 0 Å². The van der Waals surface area contributed by atoms with E-state index in [9.17, 15) is 9.90 Å². The molecule has 0 aliphatic carbocycles. The predicted molar refractivity (Wildman–Crippen MR) is 167 cm³/mol. The van der Waals surface area contributed by atoms with Gasteiger partial charge < -0.3 is 31.0 Å². The molecule has 0 unspecified atom stereocenters. The summed E-state index contributed by atoms with van der Waals surface area (Å²) < 4.78 is 2.32. The third-order valence-electron chi connectivity index (χ3n) is 8.26. The number of aromatic nitrogens is 2. The van der Waals surface area contributed by atoms with Gasteiger partial charge in [-0.2, -0.15) is 0 Å². The number of aromatic amines is 1. The maximum absolute atomic E-state index is 12.4. The number of hydrogen-bond donors (Lipinski definition) is 5. The van der Waals surface area contributed by atoms with Crippen LogP contribution in [0.25, 0.3) is 32.9 Å². The third-order valence-corrected chi connectivity index (χ3v) is 8.26. The van der Waals surface area contributed by atoms with Gasteiger partial charge in [0.1, 0.15) is 5.75 Å². The fourth-order valence-electron chi connectivity index (χ4n) is 6.31. The number of benzene rings is 4. The number of aromatic hydroxyl groups is 1. The maximum Gasteiger partial charge on any atom is 0.251 e. The Morgan fingerprint density at radius 3 is 2.57 bits per heavy atom. The number of rotatable bonds is 9. The first-order valence-corrected chi connectivity index (χ1v) is 14.4. The molecule has 4 aromatic carbocycles. The van der Waals surface area contributed by atoms with Crippen LogP contribution in [0.1, 0.15) is 38.3 Å². The van der Waals surface area contributed by atoms with Crippen molar-refractivity contribution in [1.29, 1.82) is 0 Å². The van der Waals surface area contributed by atoms with E-state index in [0.717, 1.165) is 40.7 Å². The third kappa shape index (κ3) is 4.62. The zero-order chi connectivity index (χ0) is 28.6. The number of nitrogens with two attached hydrogens (primary N) is 1. The Bertz CT molecular complexity index is 1940. The molecule has 0 spiro atoms. The summed E-state index contributed by atoms with van der Waals surface area (Å²) >= 11 is 0. The minimum atomic E-state index is -0.104. The molecule has 0 saturated carbocycles. The molecule has 7 heteroatoms. The molecule has 1 aliphatic heterocycles. The van der Waals surface area contributed by atoms with Crippen molar-refractivity contribution in [2.45, 2.75) is 32.6 Å². The number of para-hydroxylation sites is 1. The highest BCUT2D eigenvalue weighted by Crippen LogP contribution is 2.42. The molecule has 0 fully saturated rings. The Morgan fingerprint density at radius 1 is 0.881 bits per heavy atom. The van der Waals surface area contributed by atoms with Crippen LogP contribution in [-0.2, 0) is 32.6 Å². The van der Waals surface area contributed by atoms with Gasteiger partial charge in [0.2, 0.25) is 0 Å². The van der Waals surface area contributed by atoms with Crippen molar-refractivity contribution in [1.82, 2.24) is 20.2 Å². The van der Waals surface area contributed by atoms with Crippen molar-refractivity contribution in [2.75, 3.05) is 6.54 Å². The van der Waals surface area contributed by atoms with Crippen LogP contribution in [0.3, 0.4) is 0 Å². The van der Waals surface area contributed by atoms with E-state index in [1.807, 2.05) is 24.3 Å². The van der Waals surface area contributed by atoms with Crippen LogP contribution in [0.5, 0.6) is 5.75 Å². The Hall–Kier alpha value is -4.85.